The van der Waals surface area contributed by atoms with Gasteiger partial charge in [0.05, 0.1) is 0 Å². The molecule has 0 heteroatoms. The first-order valence-corrected chi connectivity index (χ1v) is 5.38. The molecular weight excluding hydrogens is 168 g/mol. The van der Waals surface area contributed by atoms with E-state index in [0.29, 0.717) is 0 Å². The molecule has 0 radical (unpaired) electrons. The molecule has 2 rings (SSSR count). The number of fused-ring (bicyclic) bond motifs is 1. The molecule has 0 bridgehead atoms. The second-order valence-corrected chi connectivity index (χ2v) is 4.40. The van der Waals surface area contributed by atoms with Gasteiger partial charge in [0.1, 0.15) is 0 Å². The Morgan fingerprint density at radius 1 is 1.00 bits per heavy atom. The number of rotatable bonds is 0. The summed E-state index contributed by atoms with van der Waals surface area (Å²) in [6.07, 6.45) is 4.79. The highest BCUT2D eigenvalue weighted by Crippen LogP contribution is 2.32. The van der Waals surface area contributed by atoms with E-state index >= 15 is 0 Å². The zero-order valence-electron chi connectivity index (χ0n) is 9.57. The smallest absolute Gasteiger partial charge is 0.0166 e. The molecule has 0 aromatic heterocycles. The fourth-order valence-corrected chi connectivity index (χ4v) is 2.46. The van der Waals surface area contributed by atoms with Gasteiger partial charge in [-0.15, -0.1) is 0 Å². The molecule has 0 amide bonds. The summed E-state index contributed by atoms with van der Waals surface area (Å²) >= 11 is 0. The summed E-state index contributed by atoms with van der Waals surface area (Å²) < 4.78 is 0. The second-order valence-electron chi connectivity index (χ2n) is 4.40. The van der Waals surface area contributed by atoms with Crippen molar-refractivity contribution in [3.05, 3.63) is 40.0 Å². The lowest BCUT2D eigenvalue weighted by Gasteiger charge is -2.20. The SMILES string of the molecule is CC1=CCCc2cc(C)c(C)c(C)c21. The molecule has 1 aromatic rings. The highest BCUT2D eigenvalue weighted by molar-refractivity contribution is 5.72. The summed E-state index contributed by atoms with van der Waals surface area (Å²) in [5, 5.41) is 0. The molecule has 0 fully saturated rings. The van der Waals surface area contributed by atoms with Crippen molar-refractivity contribution in [3.63, 3.8) is 0 Å². The van der Waals surface area contributed by atoms with Crippen LogP contribution in [-0.4, -0.2) is 0 Å². The first-order chi connectivity index (χ1) is 6.61. The quantitative estimate of drug-likeness (QED) is 0.575. The van der Waals surface area contributed by atoms with Crippen LogP contribution in [-0.2, 0) is 6.42 Å². The lowest BCUT2D eigenvalue weighted by atomic mass is 9.84. The third kappa shape index (κ3) is 1.30. The molecule has 0 spiro atoms. The summed E-state index contributed by atoms with van der Waals surface area (Å²) in [5.74, 6) is 0. The van der Waals surface area contributed by atoms with Crippen molar-refractivity contribution < 1.29 is 0 Å². The minimum absolute atomic E-state index is 1.21. The third-order valence-electron chi connectivity index (χ3n) is 3.50. The van der Waals surface area contributed by atoms with Crippen molar-refractivity contribution in [1.29, 1.82) is 0 Å². The maximum absolute atomic E-state index is 2.37. The molecule has 14 heavy (non-hydrogen) atoms. The number of hydrogen-bond acceptors (Lipinski definition) is 0. The van der Waals surface area contributed by atoms with E-state index in [-0.39, 0.29) is 0 Å². The van der Waals surface area contributed by atoms with Gasteiger partial charge >= 0.3 is 0 Å². The fraction of sp³-hybridized carbons (Fsp3) is 0.429. The van der Waals surface area contributed by atoms with Crippen LogP contribution < -0.4 is 0 Å². The highest BCUT2D eigenvalue weighted by atomic mass is 14.2. The zero-order valence-corrected chi connectivity index (χ0v) is 9.57. The molecule has 1 aliphatic carbocycles. The van der Waals surface area contributed by atoms with E-state index in [1.807, 2.05) is 0 Å². The van der Waals surface area contributed by atoms with E-state index in [2.05, 4.69) is 39.8 Å². The third-order valence-corrected chi connectivity index (χ3v) is 3.50. The summed E-state index contributed by atoms with van der Waals surface area (Å²) in [5.41, 5.74) is 8.90. The zero-order chi connectivity index (χ0) is 10.3. The van der Waals surface area contributed by atoms with E-state index in [1.54, 1.807) is 5.56 Å². The number of allylic oxidation sites excluding steroid dienone is 2. The predicted octanol–water partition coefficient (Wildman–Crippen LogP) is 3.96. The van der Waals surface area contributed by atoms with Crippen molar-refractivity contribution in [2.75, 3.05) is 0 Å². The molecule has 1 aromatic carbocycles. The molecule has 0 atom stereocenters. The molecule has 74 valence electrons. The predicted molar refractivity (Wildman–Crippen MR) is 62.6 cm³/mol. The Bertz CT molecular complexity index is 409. The van der Waals surface area contributed by atoms with Crippen LogP contribution in [0, 0.1) is 20.8 Å². The average Bonchev–Trinajstić information content (AvgIpc) is 2.14. The van der Waals surface area contributed by atoms with Crippen LogP contribution in [0.5, 0.6) is 0 Å². The van der Waals surface area contributed by atoms with Crippen LogP contribution >= 0.6 is 0 Å². The number of aryl methyl sites for hydroxylation is 2. The molecule has 0 N–H and O–H groups in total. The Morgan fingerprint density at radius 2 is 1.71 bits per heavy atom. The summed E-state index contributed by atoms with van der Waals surface area (Å²) in [4.78, 5) is 0. The topological polar surface area (TPSA) is 0 Å². The molecular formula is C14H18. The van der Waals surface area contributed by atoms with Gasteiger partial charge in [0.25, 0.3) is 0 Å². The number of hydrogen-bond donors (Lipinski definition) is 0. The van der Waals surface area contributed by atoms with E-state index in [9.17, 15) is 0 Å². The van der Waals surface area contributed by atoms with Gasteiger partial charge in [0.15, 0.2) is 0 Å². The van der Waals surface area contributed by atoms with Crippen molar-refractivity contribution in [2.45, 2.75) is 40.5 Å². The Morgan fingerprint density at radius 3 is 2.43 bits per heavy atom. The van der Waals surface area contributed by atoms with E-state index < -0.39 is 0 Å². The minimum Gasteiger partial charge on any atom is -0.0807 e. The maximum atomic E-state index is 2.37. The maximum Gasteiger partial charge on any atom is -0.0166 e. The minimum atomic E-state index is 1.21. The monoisotopic (exact) mass is 186 g/mol. The van der Waals surface area contributed by atoms with Crippen LogP contribution in [0.15, 0.2) is 12.1 Å². The highest BCUT2D eigenvalue weighted by Gasteiger charge is 2.14. The second kappa shape index (κ2) is 3.27. The standard InChI is InChI=1S/C14H18/c1-9-6-5-7-13-8-10(2)11(3)12(4)14(9)13/h6,8H,5,7H2,1-4H3. The van der Waals surface area contributed by atoms with Gasteiger partial charge in [-0.05, 0) is 73.9 Å². The van der Waals surface area contributed by atoms with Gasteiger partial charge in [0.2, 0.25) is 0 Å². The van der Waals surface area contributed by atoms with Crippen LogP contribution in [0.4, 0.5) is 0 Å². The van der Waals surface area contributed by atoms with E-state index in [1.165, 1.54) is 40.7 Å². The van der Waals surface area contributed by atoms with Gasteiger partial charge in [-0.25, -0.2) is 0 Å². The summed E-state index contributed by atoms with van der Waals surface area (Å²) in [7, 11) is 0. The molecule has 0 aliphatic heterocycles. The van der Waals surface area contributed by atoms with Gasteiger partial charge in [-0.1, -0.05) is 12.1 Å². The summed E-state index contributed by atoms with van der Waals surface area (Å²) in [6, 6.07) is 2.37. The van der Waals surface area contributed by atoms with Gasteiger partial charge in [-0.2, -0.15) is 0 Å². The largest absolute Gasteiger partial charge is 0.0807 e. The average molecular weight is 186 g/mol. The van der Waals surface area contributed by atoms with Crippen molar-refractivity contribution in [2.24, 2.45) is 0 Å². The molecule has 0 nitrogen and oxygen atoms in total. The molecule has 0 saturated carbocycles. The van der Waals surface area contributed by atoms with Crippen LogP contribution in [0.1, 0.15) is 41.2 Å². The van der Waals surface area contributed by atoms with E-state index in [4.69, 9.17) is 0 Å². The van der Waals surface area contributed by atoms with Crippen molar-refractivity contribution in [1.82, 2.24) is 0 Å². The number of benzene rings is 1. The van der Waals surface area contributed by atoms with Gasteiger partial charge in [0, 0.05) is 0 Å². The Kier molecular flexibility index (Phi) is 2.22. The van der Waals surface area contributed by atoms with Gasteiger partial charge < -0.3 is 0 Å². The molecule has 0 saturated heterocycles. The van der Waals surface area contributed by atoms with Crippen LogP contribution in [0.2, 0.25) is 0 Å². The molecule has 0 unspecified atom stereocenters. The summed E-state index contributed by atoms with van der Waals surface area (Å²) in [6.45, 7) is 8.94. The Hall–Kier alpha value is -1.04. The van der Waals surface area contributed by atoms with Crippen molar-refractivity contribution in [3.8, 4) is 0 Å². The first kappa shape index (κ1) is 9.51. The van der Waals surface area contributed by atoms with Crippen molar-refractivity contribution >= 4 is 5.57 Å². The Labute approximate surface area is 86.7 Å². The molecule has 1 aliphatic rings. The fourth-order valence-electron chi connectivity index (χ4n) is 2.46. The Balaban J connectivity index is 2.73. The van der Waals surface area contributed by atoms with Crippen LogP contribution in [0.3, 0.4) is 0 Å². The lowest BCUT2D eigenvalue weighted by molar-refractivity contribution is 0.962. The lowest BCUT2D eigenvalue weighted by Crippen LogP contribution is -2.03. The first-order valence-electron chi connectivity index (χ1n) is 5.38. The molecule has 0 heterocycles. The normalized spacial score (nSPS) is 15.0. The van der Waals surface area contributed by atoms with Crippen LogP contribution in [0.25, 0.3) is 5.57 Å². The van der Waals surface area contributed by atoms with Gasteiger partial charge in [-0.3, -0.25) is 0 Å². The van der Waals surface area contributed by atoms with E-state index in [0.717, 1.165) is 0 Å².